The van der Waals surface area contributed by atoms with Crippen LogP contribution in [0.25, 0.3) is 0 Å². The van der Waals surface area contributed by atoms with Gasteiger partial charge in [0.25, 0.3) is 11.8 Å². The van der Waals surface area contributed by atoms with Gasteiger partial charge in [-0.3, -0.25) is 19.5 Å². The minimum atomic E-state index is -0.949. The third-order valence-electron chi connectivity index (χ3n) is 5.37. The van der Waals surface area contributed by atoms with Crippen LogP contribution in [0, 0.1) is 5.92 Å². The monoisotopic (exact) mass is 408 g/mol. The summed E-state index contributed by atoms with van der Waals surface area (Å²) >= 11 is 6.09. The van der Waals surface area contributed by atoms with E-state index < -0.39 is 5.54 Å². The van der Waals surface area contributed by atoms with Gasteiger partial charge in [-0.15, -0.1) is 0 Å². The second kappa shape index (κ2) is 8.05. The van der Waals surface area contributed by atoms with Crippen molar-refractivity contribution in [1.82, 2.24) is 19.7 Å². The van der Waals surface area contributed by atoms with Crippen LogP contribution in [0.15, 0.2) is 18.5 Å². The normalized spacial score (nSPS) is 19.2. The Labute approximate surface area is 169 Å². The minimum absolute atomic E-state index is 0.0106. The molecule has 2 aliphatic rings. The number of urea groups is 1. The SMILES string of the molecule is CC(C)CN1C(=O)N(CCO)C(=O)C12CCN(C(=O)c1ccncc1Cl)CC2. The van der Waals surface area contributed by atoms with Gasteiger partial charge in [0.2, 0.25) is 0 Å². The Hall–Kier alpha value is -2.19. The zero-order chi connectivity index (χ0) is 20.5. The summed E-state index contributed by atoms with van der Waals surface area (Å²) in [5.41, 5.74) is -0.572. The Morgan fingerprint density at radius 1 is 1.32 bits per heavy atom. The first-order valence-electron chi connectivity index (χ1n) is 9.45. The summed E-state index contributed by atoms with van der Waals surface area (Å²) in [6.45, 7) is 4.85. The van der Waals surface area contributed by atoms with Gasteiger partial charge in [-0.25, -0.2) is 4.79 Å². The number of amides is 4. The zero-order valence-electron chi connectivity index (χ0n) is 16.1. The second-order valence-electron chi connectivity index (χ2n) is 7.65. The molecule has 2 aliphatic heterocycles. The molecule has 0 atom stereocenters. The molecule has 0 unspecified atom stereocenters. The Kier molecular flexibility index (Phi) is 5.90. The number of pyridine rings is 1. The van der Waals surface area contributed by atoms with E-state index in [1.165, 1.54) is 12.4 Å². The number of aromatic nitrogens is 1. The summed E-state index contributed by atoms with van der Waals surface area (Å²) < 4.78 is 0. The van der Waals surface area contributed by atoms with Gasteiger partial charge in [-0.1, -0.05) is 25.4 Å². The van der Waals surface area contributed by atoms with Crippen molar-refractivity contribution in [3.05, 3.63) is 29.0 Å². The Morgan fingerprint density at radius 3 is 2.57 bits per heavy atom. The van der Waals surface area contributed by atoms with Crippen molar-refractivity contribution in [2.24, 2.45) is 5.92 Å². The first-order chi connectivity index (χ1) is 13.3. The highest BCUT2D eigenvalue weighted by molar-refractivity contribution is 6.33. The Bertz CT molecular complexity index is 777. The van der Waals surface area contributed by atoms with Crippen molar-refractivity contribution in [1.29, 1.82) is 0 Å². The summed E-state index contributed by atoms with van der Waals surface area (Å²) in [6.07, 6.45) is 3.67. The van der Waals surface area contributed by atoms with Crippen molar-refractivity contribution in [2.45, 2.75) is 32.2 Å². The van der Waals surface area contributed by atoms with Gasteiger partial charge < -0.3 is 14.9 Å². The number of likely N-dealkylation sites (tertiary alicyclic amines) is 1. The topological polar surface area (TPSA) is 94.0 Å². The Balaban J connectivity index is 1.81. The number of imide groups is 1. The van der Waals surface area contributed by atoms with Crippen molar-refractivity contribution in [3.8, 4) is 0 Å². The standard InChI is InChI=1S/C19H25ClN4O4/c1-13(2)12-24-18(28)23(9-10-25)17(27)19(24)4-7-22(8-5-19)16(26)14-3-6-21-11-15(14)20/h3,6,11,13,25H,4-5,7-10,12H2,1-2H3. The van der Waals surface area contributed by atoms with Crippen LogP contribution in [0.4, 0.5) is 4.79 Å². The molecule has 0 saturated carbocycles. The van der Waals surface area contributed by atoms with E-state index in [0.717, 1.165) is 4.90 Å². The average Bonchev–Trinajstić information content (AvgIpc) is 2.85. The molecule has 0 bridgehead atoms. The summed E-state index contributed by atoms with van der Waals surface area (Å²) in [5.74, 6) is -0.291. The van der Waals surface area contributed by atoms with E-state index in [9.17, 15) is 19.5 Å². The first kappa shape index (κ1) is 20.5. The molecule has 1 aromatic heterocycles. The molecule has 0 aromatic carbocycles. The lowest BCUT2D eigenvalue weighted by molar-refractivity contribution is -0.135. The molecule has 3 rings (SSSR count). The zero-order valence-corrected chi connectivity index (χ0v) is 16.9. The smallest absolute Gasteiger partial charge is 0.327 e. The van der Waals surface area contributed by atoms with E-state index in [-0.39, 0.29) is 41.9 Å². The van der Waals surface area contributed by atoms with Crippen LogP contribution >= 0.6 is 11.6 Å². The molecule has 4 amide bonds. The molecular weight excluding hydrogens is 384 g/mol. The molecule has 2 fully saturated rings. The number of hydrogen-bond donors (Lipinski definition) is 1. The van der Waals surface area contributed by atoms with Gasteiger partial charge in [0, 0.05) is 32.0 Å². The number of β-amino-alcohol motifs (C(OH)–C–C–N with tert-alkyl or cyclic N) is 1. The number of hydrogen-bond acceptors (Lipinski definition) is 5. The van der Waals surface area contributed by atoms with Crippen LogP contribution < -0.4 is 0 Å². The van der Waals surface area contributed by atoms with E-state index in [1.54, 1.807) is 15.9 Å². The van der Waals surface area contributed by atoms with Crippen LogP contribution in [-0.2, 0) is 4.79 Å². The lowest BCUT2D eigenvalue weighted by Crippen LogP contribution is -2.58. The van der Waals surface area contributed by atoms with Gasteiger partial charge in [-0.05, 0) is 24.8 Å². The molecule has 1 N–H and O–H groups in total. The molecule has 8 nitrogen and oxygen atoms in total. The third kappa shape index (κ3) is 3.46. The molecule has 0 radical (unpaired) electrons. The van der Waals surface area contributed by atoms with Gasteiger partial charge in [0.15, 0.2) is 0 Å². The molecule has 3 heterocycles. The summed E-state index contributed by atoms with van der Waals surface area (Å²) in [6, 6.07) is 1.22. The number of carbonyl (C=O) groups is 3. The predicted molar refractivity (Wildman–Crippen MR) is 103 cm³/mol. The molecule has 28 heavy (non-hydrogen) atoms. The van der Waals surface area contributed by atoms with Crippen molar-refractivity contribution in [3.63, 3.8) is 0 Å². The first-order valence-corrected chi connectivity index (χ1v) is 9.83. The Morgan fingerprint density at radius 2 is 2.00 bits per heavy atom. The highest BCUT2D eigenvalue weighted by Gasteiger charge is 2.58. The van der Waals surface area contributed by atoms with E-state index in [0.29, 0.717) is 38.0 Å². The van der Waals surface area contributed by atoms with Gasteiger partial charge in [-0.2, -0.15) is 0 Å². The lowest BCUT2D eigenvalue weighted by Gasteiger charge is -2.42. The number of piperidine rings is 1. The van der Waals surface area contributed by atoms with Crippen LogP contribution in [0.1, 0.15) is 37.0 Å². The maximum absolute atomic E-state index is 13.1. The third-order valence-corrected chi connectivity index (χ3v) is 5.67. The summed E-state index contributed by atoms with van der Waals surface area (Å²) in [5, 5.41) is 9.54. The fourth-order valence-corrected chi connectivity index (χ4v) is 4.18. The van der Waals surface area contributed by atoms with E-state index in [2.05, 4.69) is 4.98 Å². The summed E-state index contributed by atoms with van der Waals surface area (Å²) in [7, 11) is 0. The molecule has 1 spiro atoms. The molecule has 0 aliphatic carbocycles. The number of nitrogens with zero attached hydrogens (tertiary/aromatic N) is 4. The largest absolute Gasteiger partial charge is 0.395 e. The van der Waals surface area contributed by atoms with Crippen LogP contribution in [0.2, 0.25) is 5.02 Å². The summed E-state index contributed by atoms with van der Waals surface area (Å²) in [4.78, 5) is 47.0. The maximum Gasteiger partial charge on any atom is 0.327 e. The highest BCUT2D eigenvalue weighted by Crippen LogP contribution is 2.38. The predicted octanol–water partition coefficient (Wildman–Crippen LogP) is 1.62. The van der Waals surface area contributed by atoms with Crippen molar-refractivity contribution < 1.29 is 19.5 Å². The number of aliphatic hydroxyl groups is 1. The second-order valence-corrected chi connectivity index (χ2v) is 8.05. The molecule has 9 heteroatoms. The molecular formula is C19H25ClN4O4. The van der Waals surface area contributed by atoms with Crippen molar-refractivity contribution >= 4 is 29.4 Å². The quantitative estimate of drug-likeness (QED) is 0.747. The van der Waals surface area contributed by atoms with Gasteiger partial charge in [0.1, 0.15) is 5.54 Å². The number of halogens is 1. The average molecular weight is 409 g/mol. The van der Waals surface area contributed by atoms with Crippen molar-refractivity contribution in [2.75, 3.05) is 32.8 Å². The van der Waals surface area contributed by atoms with E-state index >= 15 is 0 Å². The lowest BCUT2D eigenvalue weighted by atomic mass is 9.85. The number of rotatable bonds is 5. The van der Waals surface area contributed by atoms with Crippen LogP contribution in [0.3, 0.4) is 0 Å². The fraction of sp³-hybridized carbons (Fsp3) is 0.579. The van der Waals surface area contributed by atoms with E-state index in [1.807, 2.05) is 13.8 Å². The van der Waals surface area contributed by atoms with Gasteiger partial charge >= 0.3 is 6.03 Å². The fourth-order valence-electron chi connectivity index (χ4n) is 3.98. The van der Waals surface area contributed by atoms with Gasteiger partial charge in [0.05, 0.1) is 23.7 Å². The van der Waals surface area contributed by atoms with E-state index in [4.69, 9.17) is 11.6 Å². The molecule has 2 saturated heterocycles. The molecule has 152 valence electrons. The minimum Gasteiger partial charge on any atom is -0.395 e. The number of carbonyl (C=O) groups excluding carboxylic acids is 3. The highest BCUT2D eigenvalue weighted by atomic mass is 35.5. The molecule has 1 aromatic rings. The van der Waals surface area contributed by atoms with Crippen LogP contribution in [-0.4, -0.2) is 81.0 Å². The number of aliphatic hydroxyl groups excluding tert-OH is 1. The van der Waals surface area contributed by atoms with Crippen LogP contribution in [0.5, 0.6) is 0 Å². The maximum atomic E-state index is 13.1.